The van der Waals surface area contributed by atoms with E-state index in [9.17, 15) is 9.59 Å². The normalized spacial score (nSPS) is 19.0. The van der Waals surface area contributed by atoms with Gasteiger partial charge in [-0.15, -0.1) is 0 Å². The van der Waals surface area contributed by atoms with Gasteiger partial charge in [0.15, 0.2) is 0 Å². The summed E-state index contributed by atoms with van der Waals surface area (Å²) < 4.78 is 0. The van der Waals surface area contributed by atoms with Crippen molar-refractivity contribution in [3.05, 3.63) is 0 Å². The van der Waals surface area contributed by atoms with Gasteiger partial charge in [-0.1, -0.05) is 13.8 Å². The van der Waals surface area contributed by atoms with E-state index in [0.717, 1.165) is 0 Å². The smallest absolute Gasteiger partial charge is 0.323 e. The molecule has 1 atom stereocenters. The summed E-state index contributed by atoms with van der Waals surface area (Å²) in [5, 5.41) is 10.3. The molecule has 108 valence electrons. The minimum Gasteiger partial charge on any atom is -0.343 e. The van der Waals surface area contributed by atoms with E-state index in [1.165, 1.54) is 0 Å². The zero-order valence-corrected chi connectivity index (χ0v) is 12.2. The second kappa shape index (κ2) is 6.54. The van der Waals surface area contributed by atoms with Gasteiger partial charge in [-0.2, -0.15) is 0 Å². The van der Waals surface area contributed by atoms with Gasteiger partial charge in [0.2, 0.25) is 5.91 Å². The van der Waals surface area contributed by atoms with Crippen molar-refractivity contribution in [3.8, 4) is 0 Å². The summed E-state index contributed by atoms with van der Waals surface area (Å²) in [6, 6.07) is -0.709. The van der Waals surface area contributed by atoms with E-state index in [1.807, 2.05) is 27.7 Å². The van der Waals surface area contributed by atoms with Gasteiger partial charge < -0.3 is 9.80 Å². The molecule has 1 rings (SSSR count). The van der Waals surface area contributed by atoms with Crippen LogP contribution in [0.3, 0.4) is 0 Å². The third kappa shape index (κ3) is 3.68. The summed E-state index contributed by atoms with van der Waals surface area (Å²) in [6.07, 6.45) is 0.186. The number of amides is 3. The molecule has 0 radical (unpaired) electrons. The molecule has 1 aliphatic rings. The number of hydrogen-bond donors (Lipinski definition) is 2. The van der Waals surface area contributed by atoms with Crippen molar-refractivity contribution in [2.75, 3.05) is 19.6 Å². The molecule has 0 aromatic heterocycles. The van der Waals surface area contributed by atoms with Crippen LogP contribution in [0.25, 0.3) is 0 Å². The van der Waals surface area contributed by atoms with Crippen LogP contribution < -0.4 is 5.32 Å². The number of nitrogens with one attached hydrogen (secondary N) is 2. The second-order valence-electron chi connectivity index (χ2n) is 5.18. The minimum atomic E-state index is -0.442. The standard InChI is InChI=1S/C13H24N4O2/c1-5-16(6-2)11(18)7-10-12(14)15-13(19)17(10)8-9(3)4/h9-10H,5-8H2,1-4H3,(H2,14,15,19). The van der Waals surface area contributed by atoms with E-state index in [-0.39, 0.29) is 24.2 Å². The third-order valence-corrected chi connectivity index (χ3v) is 3.26. The lowest BCUT2D eigenvalue weighted by Crippen LogP contribution is -2.42. The lowest BCUT2D eigenvalue weighted by molar-refractivity contribution is -0.131. The summed E-state index contributed by atoms with van der Waals surface area (Å²) in [4.78, 5) is 27.2. The number of amidine groups is 1. The first-order valence-corrected chi connectivity index (χ1v) is 6.84. The molecular formula is C13H24N4O2. The van der Waals surface area contributed by atoms with Crippen molar-refractivity contribution in [2.45, 2.75) is 40.2 Å². The highest BCUT2D eigenvalue weighted by atomic mass is 16.2. The Labute approximate surface area is 114 Å². The molecule has 0 aromatic carbocycles. The Balaban J connectivity index is 2.75. The van der Waals surface area contributed by atoms with Crippen LogP contribution >= 0.6 is 0 Å². The highest BCUT2D eigenvalue weighted by Gasteiger charge is 2.37. The minimum absolute atomic E-state index is 0.00925. The maximum absolute atomic E-state index is 12.1. The molecule has 19 heavy (non-hydrogen) atoms. The average Bonchev–Trinajstić information content (AvgIpc) is 2.57. The van der Waals surface area contributed by atoms with E-state index in [2.05, 4.69) is 5.32 Å². The predicted molar refractivity (Wildman–Crippen MR) is 74.1 cm³/mol. The molecule has 0 spiro atoms. The van der Waals surface area contributed by atoms with Crippen LogP contribution in [0.4, 0.5) is 4.79 Å². The second-order valence-corrected chi connectivity index (χ2v) is 5.18. The predicted octanol–water partition coefficient (Wildman–Crippen LogP) is 1.27. The number of carbonyl (C=O) groups is 2. The molecule has 2 N–H and O–H groups in total. The van der Waals surface area contributed by atoms with E-state index < -0.39 is 6.04 Å². The van der Waals surface area contributed by atoms with Crippen LogP contribution in [0.15, 0.2) is 0 Å². The molecule has 1 aliphatic heterocycles. The van der Waals surface area contributed by atoms with Gasteiger partial charge in [0, 0.05) is 19.6 Å². The molecule has 1 unspecified atom stereocenters. The molecule has 0 aromatic rings. The van der Waals surface area contributed by atoms with E-state index in [0.29, 0.717) is 25.6 Å². The number of hydrogen-bond acceptors (Lipinski definition) is 3. The average molecular weight is 268 g/mol. The van der Waals surface area contributed by atoms with Gasteiger partial charge in [-0.25, -0.2) is 4.79 Å². The highest BCUT2D eigenvalue weighted by Crippen LogP contribution is 2.16. The summed E-state index contributed by atoms with van der Waals surface area (Å²) in [6.45, 7) is 9.75. The fraction of sp³-hybridized carbons (Fsp3) is 0.769. The largest absolute Gasteiger partial charge is 0.343 e. The molecule has 6 nitrogen and oxygen atoms in total. The highest BCUT2D eigenvalue weighted by molar-refractivity contribution is 6.07. The molecule has 1 fully saturated rings. The number of carbonyl (C=O) groups excluding carboxylic acids is 2. The van der Waals surface area contributed by atoms with Crippen molar-refractivity contribution < 1.29 is 9.59 Å². The Morgan fingerprint density at radius 2 is 2.00 bits per heavy atom. The molecule has 0 saturated carbocycles. The van der Waals surface area contributed by atoms with Gasteiger partial charge in [0.1, 0.15) is 5.84 Å². The Morgan fingerprint density at radius 3 is 2.47 bits per heavy atom. The van der Waals surface area contributed by atoms with E-state index in [1.54, 1.807) is 9.80 Å². The molecule has 1 heterocycles. The van der Waals surface area contributed by atoms with Crippen LogP contribution in [0, 0.1) is 11.3 Å². The molecule has 6 heteroatoms. The number of nitrogens with zero attached hydrogens (tertiary/aromatic N) is 2. The Bertz CT molecular complexity index is 364. The number of urea groups is 1. The molecular weight excluding hydrogens is 244 g/mol. The van der Waals surface area contributed by atoms with E-state index in [4.69, 9.17) is 5.41 Å². The zero-order chi connectivity index (χ0) is 14.6. The van der Waals surface area contributed by atoms with Crippen LogP contribution in [0.1, 0.15) is 34.1 Å². The van der Waals surface area contributed by atoms with Crippen molar-refractivity contribution in [1.29, 1.82) is 5.41 Å². The van der Waals surface area contributed by atoms with Gasteiger partial charge in [0.25, 0.3) is 0 Å². The lowest BCUT2D eigenvalue weighted by atomic mass is 10.1. The van der Waals surface area contributed by atoms with E-state index >= 15 is 0 Å². The van der Waals surface area contributed by atoms with Crippen molar-refractivity contribution >= 4 is 17.8 Å². The quantitative estimate of drug-likeness (QED) is 0.761. The van der Waals surface area contributed by atoms with Crippen molar-refractivity contribution in [2.24, 2.45) is 5.92 Å². The van der Waals surface area contributed by atoms with Gasteiger partial charge >= 0.3 is 6.03 Å². The first-order valence-electron chi connectivity index (χ1n) is 6.84. The Morgan fingerprint density at radius 1 is 1.42 bits per heavy atom. The van der Waals surface area contributed by atoms with Crippen LogP contribution in [-0.4, -0.2) is 53.2 Å². The summed E-state index contributed by atoms with van der Waals surface area (Å²) >= 11 is 0. The van der Waals surface area contributed by atoms with Gasteiger partial charge in [-0.3, -0.25) is 15.5 Å². The molecule has 1 saturated heterocycles. The fourth-order valence-electron chi connectivity index (χ4n) is 2.25. The summed E-state index contributed by atoms with van der Waals surface area (Å²) in [5.74, 6) is 0.430. The fourth-order valence-corrected chi connectivity index (χ4v) is 2.25. The maximum atomic E-state index is 12.1. The van der Waals surface area contributed by atoms with Crippen LogP contribution in [-0.2, 0) is 4.79 Å². The monoisotopic (exact) mass is 268 g/mol. The molecule has 3 amide bonds. The van der Waals surface area contributed by atoms with Gasteiger partial charge in [0.05, 0.1) is 12.5 Å². The zero-order valence-electron chi connectivity index (χ0n) is 12.2. The van der Waals surface area contributed by atoms with Crippen molar-refractivity contribution in [1.82, 2.24) is 15.1 Å². The Kier molecular flexibility index (Phi) is 5.32. The molecule has 0 aliphatic carbocycles. The Hall–Kier alpha value is -1.59. The SMILES string of the molecule is CCN(CC)C(=O)CC1C(=N)NC(=O)N1CC(C)C. The topological polar surface area (TPSA) is 76.5 Å². The first-order chi connectivity index (χ1) is 8.90. The summed E-state index contributed by atoms with van der Waals surface area (Å²) in [5.41, 5.74) is 0. The third-order valence-electron chi connectivity index (χ3n) is 3.26. The van der Waals surface area contributed by atoms with Crippen molar-refractivity contribution in [3.63, 3.8) is 0 Å². The van der Waals surface area contributed by atoms with Gasteiger partial charge in [-0.05, 0) is 19.8 Å². The molecule has 0 bridgehead atoms. The summed E-state index contributed by atoms with van der Waals surface area (Å²) in [7, 11) is 0. The van der Waals surface area contributed by atoms with Crippen LogP contribution in [0.2, 0.25) is 0 Å². The maximum Gasteiger partial charge on any atom is 0.323 e. The lowest BCUT2D eigenvalue weighted by Gasteiger charge is -2.26. The first kappa shape index (κ1) is 15.5. The number of rotatable bonds is 6. The van der Waals surface area contributed by atoms with Crippen LogP contribution in [0.5, 0.6) is 0 Å².